The van der Waals surface area contributed by atoms with Crippen molar-refractivity contribution in [2.75, 3.05) is 0 Å². The van der Waals surface area contributed by atoms with Gasteiger partial charge in [-0.2, -0.15) is 0 Å². The van der Waals surface area contributed by atoms with Crippen molar-refractivity contribution in [3.05, 3.63) is 64.2 Å². The van der Waals surface area contributed by atoms with E-state index in [1.165, 1.54) is 11.1 Å². The summed E-state index contributed by atoms with van der Waals surface area (Å²) in [4.78, 5) is 12.1. The number of phenols is 1. The van der Waals surface area contributed by atoms with Crippen molar-refractivity contribution in [2.24, 2.45) is 0 Å². The van der Waals surface area contributed by atoms with E-state index in [1.807, 2.05) is 6.07 Å². The number of fused-ring (bicyclic) bond motifs is 1. The summed E-state index contributed by atoms with van der Waals surface area (Å²) in [5.41, 5.74) is 5.00. The molecule has 0 aliphatic carbocycles. The van der Waals surface area contributed by atoms with Crippen molar-refractivity contribution in [3.8, 4) is 5.75 Å². The third-order valence-electron chi connectivity index (χ3n) is 3.81. The van der Waals surface area contributed by atoms with Crippen LogP contribution < -0.4 is 10.6 Å². The first kappa shape index (κ1) is 13.6. The zero-order valence-corrected chi connectivity index (χ0v) is 11.9. The second-order valence-electron chi connectivity index (χ2n) is 5.39. The molecule has 21 heavy (non-hydrogen) atoms. The van der Waals surface area contributed by atoms with Crippen LogP contribution in [0.5, 0.6) is 5.75 Å². The predicted molar refractivity (Wildman–Crippen MR) is 81.0 cm³/mol. The summed E-state index contributed by atoms with van der Waals surface area (Å²) in [6.07, 6.45) is 0. The molecule has 1 aliphatic heterocycles. The summed E-state index contributed by atoms with van der Waals surface area (Å²) in [6, 6.07) is 11.2. The van der Waals surface area contributed by atoms with E-state index in [0.717, 1.165) is 18.7 Å². The molecule has 108 valence electrons. The van der Waals surface area contributed by atoms with Crippen molar-refractivity contribution in [3.63, 3.8) is 0 Å². The van der Waals surface area contributed by atoms with Gasteiger partial charge in [0.1, 0.15) is 5.75 Å². The van der Waals surface area contributed by atoms with Crippen molar-refractivity contribution < 1.29 is 9.90 Å². The molecule has 1 heterocycles. The molecule has 0 radical (unpaired) electrons. The van der Waals surface area contributed by atoms with Gasteiger partial charge in [0.05, 0.1) is 0 Å². The fourth-order valence-electron chi connectivity index (χ4n) is 2.54. The summed E-state index contributed by atoms with van der Waals surface area (Å²) in [5.74, 6) is 0.0781. The number of aryl methyl sites for hydroxylation is 1. The number of phenolic OH excluding ortho intramolecular Hbond substituents is 1. The van der Waals surface area contributed by atoms with Crippen molar-refractivity contribution >= 4 is 5.91 Å². The largest absolute Gasteiger partial charge is 0.508 e. The second kappa shape index (κ2) is 5.58. The topological polar surface area (TPSA) is 61.4 Å². The van der Waals surface area contributed by atoms with Crippen LogP contribution in [0.3, 0.4) is 0 Å². The van der Waals surface area contributed by atoms with E-state index in [2.05, 4.69) is 22.8 Å². The number of nitrogens with one attached hydrogen (secondary N) is 2. The Morgan fingerprint density at radius 3 is 2.81 bits per heavy atom. The van der Waals surface area contributed by atoms with E-state index in [9.17, 15) is 9.90 Å². The molecular weight excluding hydrogens is 264 g/mol. The molecule has 1 aliphatic rings. The minimum Gasteiger partial charge on any atom is -0.508 e. The molecule has 4 heteroatoms. The molecule has 0 saturated carbocycles. The third-order valence-corrected chi connectivity index (χ3v) is 3.81. The molecule has 0 spiro atoms. The minimum atomic E-state index is -0.128. The highest BCUT2D eigenvalue weighted by Crippen LogP contribution is 2.18. The van der Waals surface area contributed by atoms with Crippen LogP contribution in [0.15, 0.2) is 36.4 Å². The van der Waals surface area contributed by atoms with Crippen LogP contribution in [0.2, 0.25) is 0 Å². The van der Waals surface area contributed by atoms with Crippen molar-refractivity contribution in [1.29, 1.82) is 0 Å². The Morgan fingerprint density at radius 2 is 2.00 bits per heavy atom. The quantitative estimate of drug-likeness (QED) is 0.809. The summed E-state index contributed by atoms with van der Waals surface area (Å²) >= 11 is 0. The number of carbonyl (C=O) groups excluding carboxylic acids is 1. The Morgan fingerprint density at radius 1 is 1.19 bits per heavy atom. The summed E-state index contributed by atoms with van der Waals surface area (Å²) in [6.45, 7) is 4.11. The number of benzene rings is 2. The molecule has 3 N–H and O–H groups in total. The normalized spacial score (nSPS) is 13.0. The van der Waals surface area contributed by atoms with Crippen LogP contribution in [0.25, 0.3) is 0 Å². The minimum absolute atomic E-state index is 0.128. The molecular formula is C17H18N2O2. The number of carbonyl (C=O) groups is 1. The highest BCUT2D eigenvalue weighted by Gasteiger charge is 2.11. The summed E-state index contributed by atoms with van der Waals surface area (Å²) in [7, 11) is 0. The number of hydrogen-bond acceptors (Lipinski definition) is 3. The van der Waals surface area contributed by atoms with Gasteiger partial charge in [0.15, 0.2) is 0 Å². The lowest BCUT2D eigenvalue weighted by Crippen LogP contribution is -2.22. The fourth-order valence-corrected chi connectivity index (χ4v) is 2.54. The third kappa shape index (κ3) is 2.90. The number of aromatic hydroxyl groups is 1. The average Bonchev–Trinajstić information content (AvgIpc) is 2.95. The van der Waals surface area contributed by atoms with Gasteiger partial charge >= 0.3 is 0 Å². The molecule has 0 bridgehead atoms. The molecule has 2 aromatic carbocycles. The highest BCUT2D eigenvalue weighted by molar-refractivity contribution is 5.94. The lowest BCUT2D eigenvalue weighted by atomic mass is 10.1. The van der Waals surface area contributed by atoms with E-state index >= 15 is 0 Å². The van der Waals surface area contributed by atoms with E-state index in [-0.39, 0.29) is 11.7 Å². The van der Waals surface area contributed by atoms with Gasteiger partial charge in [0.25, 0.3) is 5.91 Å². The first-order valence-corrected chi connectivity index (χ1v) is 7.03. The van der Waals surface area contributed by atoms with Crippen LogP contribution in [-0.4, -0.2) is 11.0 Å². The second-order valence-corrected chi connectivity index (χ2v) is 5.39. The van der Waals surface area contributed by atoms with Gasteiger partial charge < -0.3 is 15.7 Å². The maximum atomic E-state index is 12.1. The summed E-state index contributed by atoms with van der Waals surface area (Å²) < 4.78 is 0. The lowest BCUT2D eigenvalue weighted by Gasteiger charge is -2.08. The maximum Gasteiger partial charge on any atom is 0.251 e. The molecule has 0 atom stereocenters. The van der Waals surface area contributed by atoms with Crippen molar-refractivity contribution in [2.45, 2.75) is 26.6 Å². The van der Waals surface area contributed by atoms with E-state index in [1.54, 1.807) is 25.1 Å². The number of hydrogen-bond donors (Lipinski definition) is 3. The van der Waals surface area contributed by atoms with Gasteiger partial charge in [-0.3, -0.25) is 4.79 Å². The van der Waals surface area contributed by atoms with Gasteiger partial charge in [-0.15, -0.1) is 0 Å². The fraction of sp³-hybridized carbons (Fsp3) is 0.235. The average molecular weight is 282 g/mol. The first-order chi connectivity index (χ1) is 10.1. The number of amides is 1. The molecule has 0 saturated heterocycles. The Balaban J connectivity index is 1.67. The van der Waals surface area contributed by atoms with Crippen LogP contribution in [-0.2, 0) is 19.6 Å². The van der Waals surface area contributed by atoms with Gasteiger partial charge in [0, 0.05) is 25.2 Å². The number of rotatable bonds is 3. The molecule has 0 aromatic heterocycles. The monoisotopic (exact) mass is 282 g/mol. The molecule has 3 rings (SSSR count). The molecule has 1 amide bonds. The van der Waals surface area contributed by atoms with Gasteiger partial charge in [0.2, 0.25) is 0 Å². The zero-order chi connectivity index (χ0) is 14.8. The summed E-state index contributed by atoms with van der Waals surface area (Å²) in [5, 5.41) is 15.7. The van der Waals surface area contributed by atoms with Crippen LogP contribution in [0.4, 0.5) is 0 Å². The van der Waals surface area contributed by atoms with Gasteiger partial charge in [-0.25, -0.2) is 0 Å². The van der Waals surface area contributed by atoms with Gasteiger partial charge in [-0.05, 0) is 47.4 Å². The highest BCUT2D eigenvalue weighted by atomic mass is 16.3. The standard InChI is InChI=1S/C17H18N2O2/c1-11-6-13(4-5-16(11)20)17(21)19-8-12-2-3-14-9-18-10-15(14)7-12/h2-7,18,20H,8-10H2,1H3,(H,19,21). The zero-order valence-electron chi connectivity index (χ0n) is 11.9. The molecule has 4 nitrogen and oxygen atoms in total. The van der Waals surface area contributed by atoms with Crippen LogP contribution in [0.1, 0.15) is 32.6 Å². The predicted octanol–water partition coefficient (Wildman–Crippen LogP) is 2.23. The SMILES string of the molecule is Cc1cc(C(=O)NCc2ccc3c(c2)CNC3)ccc1O. The van der Waals surface area contributed by atoms with Gasteiger partial charge in [-0.1, -0.05) is 18.2 Å². The Hall–Kier alpha value is -2.33. The Kier molecular flexibility index (Phi) is 3.62. The first-order valence-electron chi connectivity index (χ1n) is 7.03. The smallest absolute Gasteiger partial charge is 0.251 e. The van der Waals surface area contributed by atoms with Crippen molar-refractivity contribution in [1.82, 2.24) is 10.6 Å². The van der Waals surface area contributed by atoms with Crippen LogP contribution >= 0.6 is 0 Å². The van der Waals surface area contributed by atoms with E-state index < -0.39 is 0 Å². The van der Waals surface area contributed by atoms with Crippen LogP contribution in [0, 0.1) is 6.92 Å². The van der Waals surface area contributed by atoms with E-state index in [4.69, 9.17) is 0 Å². The molecule has 0 fully saturated rings. The Bertz CT molecular complexity index is 695. The molecule has 2 aromatic rings. The Labute approximate surface area is 123 Å². The lowest BCUT2D eigenvalue weighted by molar-refractivity contribution is 0.0951. The van der Waals surface area contributed by atoms with E-state index in [0.29, 0.717) is 17.7 Å². The molecule has 0 unspecified atom stereocenters. The maximum absolute atomic E-state index is 12.1.